The summed E-state index contributed by atoms with van der Waals surface area (Å²) in [5.74, 6) is -109. The van der Waals surface area contributed by atoms with Gasteiger partial charge in [-0.25, -0.2) is 17.3 Å². The molecule has 0 radical (unpaired) electrons. The van der Waals surface area contributed by atoms with Crippen molar-refractivity contribution < 1.29 is 246 Å². The van der Waals surface area contributed by atoms with Gasteiger partial charge in [-0.05, 0) is 0 Å². The molecular weight excluding hydrogens is 1220 g/mol. The van der Waals surface area contributed by atoms with Crippen LogP contribution in [0.4, 0.5) is 149 Å². The average molecular weight is 1240 g/mol. The molecule has 0 heterocycles. The fourth-order valence-corrected chi connectivity index (χ4v) is 5.65. The van der Waals surface area contributed by atoms with Crippen molar-refractivity contribution >= 4 is 39.7 Å². The first-order valence-corrected chi connectivity index (χ1v) is 18.7. The van der Waals surface area contributed by atoms with E-state index in [4.69, 9.17) is 4.79 Å². The quantitative estimate of drug-likeness (QED) is 0.134. The Balaban J connectivity index is -0.000000281. The van der Waals surface area contributed by atoms with Crippen LogP contribution in [0.5, 0.6) is 0 Å². The number of sulfonamides is 1. The Kier molecular flexibility index (Phi) is 28.9. The van der Waals surface area contributed by atoms with Crippen molar-refractivity contribution in [2.75, 3.05) is 19.6 Å². The van der Waals surface area contributed by atoms with E-state index in [1.165, 1.54) is 6.42 Å². The molecule has 74 heavy (non-hydrogen) atoms. The monoisotopic (exact) mass is 1240 g/mol. The summed E-state index contributed by atoms with van der Waals surface area (Å²) in [6.45, 7) is 0.399. The number of hydrogen-bond acceptors (Lipinski definition) is 8. The summed E-state index contributed by atoms with van der Waals surface area (Å²) < 4.78 is 475. The summed E-state index contributed by atoms with van der Waals surface area (Å²) in [6, 6.07) is 0. The molecule has 0 aromatic rings. The Labute approximate surface area is 433 Å². The molecule has 0 aromatic carbocycles. The van der Waals surface area contributed by atoms with Crippen LogP contribution in [0, 0.1) is 0 Å². The van der Waals surface area contributed by atoms with Crippen molar-refractivity contribution in [3.8, 4) is 0 Å². The van der Waals surface area contributed by atoms with E-state index in [1.807, 2.05) is 6.79 Å². The van der Waals surface area contributed by atoms with Crippen LogP contribution < -0.4 is 74.0 Å². The standard InChI is InChI=1S/C12H8F17NO4S.C10H4F17NO3S.C3H8.CH2O.2Na/c1-2-30(3-4(31)32)35(33,34)12(28,29)10(23,24)8(19,20)6(15,16)5(13,14)7(17,18)9(21,22)11(25,26)27;11-3(12,5(15,16)7(19,20)9(23,24)25)4(13,14)6(17,18)8(21,22)10(26,27)32(31)28-1-2(29)30;1-3-2;1-2;;/h2-3H2,1H3,(H,31,32);28H,1H2,(H,29,30);3H2,1-2H3;1H2;;/q;;;;2*+1/p-2. The number of halogens is 34. The summed E-state index contributed by atoms with van der Waals surface area (Å²) in [6.07, 6.45) is -14.5. The molecule has 1 unspecified atom stereocenters. The minimum atomic E-state index is -8.95. The molecule has 0 saturated heterocycles. The summed E-state index contributed by atoms with van der Waals surface area (Å²) in [5, 5.41) is 5.16. The normalized spacial score (nSPS) is 15.2. The molecule has 0 spiro atoms. The van der Waals surface area contributed by atoms with Crippen molar-refractivity contribution in [2.24, 2.45) is 0 Å². The van der Waals surface area contributed by atoms with E-state index in [0.29, 0.717) is 6.92 Å². The second kappa shape index (κ2) is 25.6. The summed E-state index contributed by atoms with van der Waals surface area (Å²) in [7, 11) is -12.8. The van der Waals surface area contributed by atoms with Crippen molar-refractivity contribution in [2.45, 2.75) is 121 Å². The summed E-state index contributed by atoms with van der Waals surface area (Å²) >= 11 is 0. The van der Waals surface area contributed by atoms with Gasteiger partial charge in [0.05, 0.1) is 18.5 Å². The van der Waals surface area contributed by atoms with Gasteiger partial charge in [0, 0.05) is 13.1 Å². The molecule has 0 saturated carbocycles. The maximum atomic E-state index is 13.8. The fraction of sp³-hybridized carbons (Fsp3) is 0.885. The predicted molar refractivity (Wildman–Crippen MR) is 157 cm³/mol. The minimum Gasteiger partial charge on any atom is -0.549 e. The molecule has 10 nitrogen and oxygen atoms in total. The van der Waals surface area contributed by atoms with Crippen LogP contribution in [-0.4, -0.2) is 149 Å². The van der Waals surface area contributed by atoms with Gasteiger partial charge in [-0.2, -0.15) is 154 Å². The summed E-state index contributed by atoms with van der Waals surface area (Å²) in [4.78, 5) is 28.2. The number of likely N-dealkylation sites (N-methyl/N-ethyl adjacent to an activating group) is 1. The maximum absolute atomic E-state index is 13.8. The Morgan fingerprint density at radius 1 is 0.446 bits per heavy atom. The largest absolute Gasteiger partial charge is 1.00 e. The number of carbonyl (C=O) groups excluding carboxylic acids is 3. The van der Waals surface area contributed by atoms with Gasteiger partial charge in [0.1, 0.15) is 6.79 Å². The maximum Gasteiger partial charge on any atom is 1.00 e. The first-order valence-electron chi connectivity index (χ1n) is 16.1. The van der Waals surface area contributed by atoms with Gasteiger partial charge < -0.3 is 24.6 Å². The van der Waals surface area contributed by atoms with E-state index in [0.717, 1.165) is 0 Å². The molecule has 0 aliphatic heterocycles. The molecule has 0 aliphatic rings. The molecule has 0 amide bonds. The van der Waals surface area contributed by atoms with E-state index in [1.54, 1.807) is 0 Å². The van der Waals surface area contributed by atoms with Gasteiger partial charge in [-0.3, -0.25) is 0 Å². The van der Waals surface area contributed by atoms with Crippen LogP contribution in [0.1, 0.15) is 27.2 Å². The van der Waals surface area contributed by atoms with Gasteiger partial charge in [0.2, 0.25) is 0 Å². The van der Waals surface area contributed by atoms with E-state index in [9.17, 15) is 182 Å². The molecule has 434 valence electrons. The first kappa shape index (κ1) is 83.6. The second-order valence-electron chi connectivity index (χ2n) is 12.4. The molecule has 48 heteroatoms. The van der Waals surface area contributed by atoms with Crippen LogP contribution in [0.2, 0.25) is 0 Å². The van der Waals surface area contributed by atoms with Crippen LogP contribution >= 0.6 is 0 Å². The van der Waals surface area contributed by atoms with Crippen LogP contribution in [0.25, 0.3) is 0 Å². The molecular formula is C26H20F34N2Na2O8S2. The Hall–Kier alpha value is -1.75. The van der Waals surface area contributed by atoms with Crippen LogP contribution in [0.15, 0.2) is 0 Å². The van der Waals surface area contributed by atoms with Crippen molar-refractivity contribution in [1.29, 1.82) is 0 Å². The smallest absolute Gasteiger partial charge is 0.549 e. The topological polar surface area (TPSA) is 164 Å². The van der Waals surface area contributed by atoms with Gasteiger partial charge >= 0.3 is 153 Å². The zero-order valence-electron chi connectivity index (χ0n) is 35.4. The number of hydrogen-bond donors (Lipinski definition) is 1. The molecule has 0 rings (SSSR count). The van der Waals surface area contributed by atoms with Crippen LogP contribution in [-0.2, 0) is 35.4 Å². The van der Waals surface area contributed by atoms with E-state index in [2.05, 4.69) is 13.8 Å². The number of nitrogens with zero attached hydrogens (tertiary/aromatic N) is 1. The average Bonchev–Trinajstić information content (AvgIpc) is 3.18. The zero-order chi connectivity index (χ0) is 60.3. The Morgan fingerprint density at radius 3 is 0.865 bits per heavy atom. The fourth-order valence-electron chi connectivity index (χ4n) is 3.47. The van der Waals surface area contributed by atoms with Gasteiger partial charge in [0.15, 0.2) is 11.0 Å². The molecule has 0 aromatic heterocycles. The van der Waals surface area contributed by atoms with Gasteiger partial charge in [0.25, 0.3) is 10.0 Å². The van der Waals surface area contributed by atoms with Gasteiger partial charge in [-0.15, -0.1) is 0 Å². The van der Waals surface area contributed by atoms with Crippen molar-refractivity contribution in [3.05, 3.63) is 0 Å². The Morgan fingerprint density at radius 2 is 0.662 bits per heavy atom. The first-order chi connectivity index (χ1) is 30.9. The Bertz CT molecular complexity index is 1980. The van der Waals surface area contributed by atoms with E-state index >= 15 is 0 Å². The van der Waals surface area contributed by atoms with Crippen molar-refractivity contribution in [3.63, 3.8) is 0 Å². The second-order valence-corrected chi connectivity index (χ2v) is 15.7. The molecule has 0 aliphatic carbocycles. The predicted octanol–water partition coefficient (Wildman–Crippen LogP) is 1.55. The number of aliphatic carboxylic acids is 2. The van der Waals surface area contributed by atoms with Crippen LogP contribution in [0.3, 0.4) is 0 Å². The third kappa shape index (κ3) is 13.8. The number of alkyl halides is 34. The third-order valence-electron chi connectivity index (χ3n) is 7.29. The van der Waals surface area contributed by atoms with E-state index in [-0.39, 0.29) is 63.8 Å². The molecule has 0 fully saturated rings. The van der Waals surface area contributed by atoms with E-state index < -0.39 is 151 Å². The molecule has 1 atom stereocenters. The summed E-state index contributed by atoms with van der Waals surface area (Å²) in [5.41, 5.74) is 0. The zero-order valence-corrected chi connectivity index (χ0v) is 41.0. The number of rotatable bonds is 21. The number of carboxylic acid groups (broad SMARTS) is 2. The third-order valence-corrected chi connectivity index (χ3v) is 10.4. The molecule has 0 bridgehead atoms. The molecule has 1 N–H and O–H groups in total. The van der Waals surface area contributed by atoms with Crippen molar-refractivity contribution in [1.82, 2.24) is 9.03 Å². The minimum absolute atomic E-state index is 0. The number of nitrogens with one attached hydrogen (secondary N) is 1. The van der Waals surface area contributed by atoms with Gasteiger partial charge in [-0.1, -0.05) is 27.2 Å². The SMILES string of the molecule is C=O.CCC.CCN(CC(=O)[O-])S(=O)(=O)C(F)(F)C(F)(F)C(F)(F)C(F)(F)C(F)(F)C(F)(F)C(F)(F)C(F)(F)F.O=C([O-])CNS(=O)C(F)(F)C(F)(F)C(F)(F)C(F)(F)C(F)(F)C(F)(F)C(F)(F)C(F)(F)F.[Na+].[Na+]. The number of carboxylic acids is 2. The number of carbonyl (C=O) groups is 3.